The van der Waals surface area contributed by atoms with Gasteiger partial charge in [0.25, 0.3) is 0 Å². The van der Waals surface area contributed by atoms with Crippen molar-refractivity contribution >= 4 is 0 Å². The Hall–Kier alpha value is -3.10. The van der Waals surface area contributed by atoms with Crippen LogP contribution in [0.5, 0.6) is 0 Å². The highest BCUT2D eigenvalue weighted by Crippen LogP contribution is 2.55. The Kier molecular flexibility index (Phi) is 3.84. The Balaban J connectivity index is 2.31. The zero-order valence-electron chi connectivity index (χ0n) is 13.0. The van der Waals surface area contributed by atoms with Crippen molar-refractivity contribution in [1.82, 2.24) is 0 Å². The third kappa shape index (κ3) is 2.08. The molecule has 2 unspecified atom stereocenters. The monoisotopic (exact) mass is 318 g/mol. The fourth-order valence-corrected chi connectivity index (χ4v) is 3.92. The number of hydrogen-bond donors (Lipinski definition) is 1. The van der Waals surface area contributed by atoms with Gasteiger partial charge in [-0.05, 0) is 48.4 Å². The highest BCUT2D eigenvalue weighted by molar-refractivity contribution is 5.59. The SMILES string of the molecule is N#CC1=C(N)C(C#N)(C#N)C(c2ccc(F)cc2)C2CCCC=C12. The van der Waals surface area contributed by atoms with Gasteiger partial charge in [0.05, 0.1) is 23.4 Å². The largest absolute Gasteiger partial charge is 0.399 e. The van der Waals surface area contributed by atoms with E-state index < -0.39 is 11.3 Å². The molecule has 2 aliphatic rings. The molecule has 1 aromatic rings. The van der Waals surface area contributed by atoms with E-state index in [4.69, 9.17) is 5.73 Å². The summed E-state index contributed by atoms with van der Waals surface area (Å²) in [7, 11) is 0. The first kappa shape index (κ1) is 15.8. The zero-order chi connectivity index (χ0) is 17.3. The smallest absolute Gasteiger partial charge is 0.191 e. The molecule has 2 N–H and O–H groups in total. The number of benzene rings is 1. The number of rotatable bonds is 1. The van der Waals surface area contributed by atoms with Gasteiger partial charge >= 0.3 is 0 Å². The molecule has 4 nitrogen and oxygen atoms in total. The summed E-state index contributed by atoms with van der Waals surface area (Å²) in [5, 5.41) is 29.1. The van der Waals surface area contributed by atoms with Gasteiger partial charge in [-0.15, -0.1) is 0 Å². The number of halogens is 1. The van der Waals surface area contributed by atoms with Gasteiger partial charge in [0.15, 0.2) is 5.41 Å². The molecule has 0 heterocycles. The maximum absolute atomic E-state index is 13.3. The summed E-state index contributed by atoms with van der Waals surface area (Å²) in [5.41, 5.74) is 6.30. The first-order valence-corrected chi connectivity index (χ1v) is 7.77. The van der Waals surface area contributed by atoms with E-state index in [1.807, 2.05) is 6.08 Å². The molecule has 24 heavy (non-hydrogen) atoms. The van der Waals surface area contributed by atoms with Crippen LogP contribution >= 0.6 is 0 Å². The molecule has 3 rings (SSSR count). The number of allylic oxidation sites excluding steroid dienone is 4. The van der Waals surface area contributed by atoms with Crippen molar-refractivity contribution in [2.45, 2.75) is 25.2 Å². The van der Waals surface area contributed by atoms with Crippen molar-refractivity contribution in [2.24, 2.45) is 17.1 Å². The molecule has 0 radical (unpaired) electrons. The minimum absolute atomic E-state index is 0.00808. The van der Waals surface area contributed by atoms with Gasteiger partial charge < -0.3 is 5.73 Å². The lowest BCUT2D eigenvalue weighted by Crippen LogP contribution is -2.42. The summed E-state index contributed by atoms with van der Waals surface area (Å²) < 4.78 is 13.3. The highest BCUT2D eigenvalue weighted by atomic mass is 19.1. The summed E-state index contributed by atoms with van der Waals surface area (Å²) in [5.74, 6) is -1.04. The van der Waals surface area contributed by atoms with Crippen LogP contribution in [-0.4, -0.2) is 0 Å². The predicted molar refractivity (Wildman–Crippen MR) is 85.1 cm³/mol. The summed E-state index contributed by atoms with van der Waals surface area (Å²) in [6.45, 7) is 0. The molecule has 0 bridgehead atoms. The normalized spacial score (nSPS) is 24.8. The van der Waals surface area contributed by atoms with Crippen molar-refractivity contribution in [3.8, 4) is 18.2 Å². The summed E-state index contributed by atoms with van der Waals surface area (Å²) in [6, 6.07) is 12.0. The Morgan fingerprint density at radius 1 is 1.12 bits per heavy atom. The Bertz CT molecular complexity index is 845. The van der Waals surface area contributed by atoms with Gasteiger partial charge in [-0.1, -0.05) is 18.2 Å². The van der Waals surface area contributed by atoms with Crippen molar-refractivity contribution in [1.29, 1.82) is 15.8 Å². The molecule has 0 amide bonds. The van der Waals surface area contributed by atoms with Crippen molar-refractivity contribution in [3.63, 3.8) is 0 Å². The van der Waals surface area contributed by atoms with Crippen LogP contribution in [0.1, 0.15) is 30.7 Å². The van der Waals surface area contributed by atoms with E-state index >= 15 is 0 Å². The molecule has 1 aromatic carbocycles. The third-order valence-corrected chi connectivity index (χ3v) is 5.03. The number of nitrogens with zero attached hydrogens (tertiary/aromatic N) is 3. The van der Waals surface area contributed by atoms with Crippen LogP contribution in [0.2, 0.25) is 0 Å². The van der Waals surface area contributed by atoms with Gasteiger partial charge in [0.2, 0.25) is 0 Å². The molecule has 0 aliphatic heterocycles. The Morgan fingerprint density at radius 2 is 1.79 bits per heavy atom. The first-order valence-electron chi connectivity index (χ1n) is 7.77. The molecule has 118 valence electrons. The molecule has 0 spiro atoms. The Morgan fingerprint density at radius 3 is 2.38 bits per heavy atom. The van der Waals surface area contributed by atoms with E-state index in [1.165, 1.54) is 12.1 Å². The summed E-state index contributed by atoms with van der Waals surface area (Å²) in [6.07, 6.45) is 4.50. The summed E-state index contributed by atoms with van der Waals surface area (Å²) in [4.78, 5) is 0. The molecule has 0 saturated heterocycles. The van der Waals surface area contributed by atoms with E-state index in [2.05, 4.69) is 18.2 Å². The highest BCUT2D eigenvalue weighted by Gasteiger charge is 2.53. The topological polar surface area (TPSA) is 97.4 Å². The van der Waals surface area contributed by atoms with E-state index in [9.17, 15) is 20.2 Å². The van der Waals surface area contributed by atoms with E-state index in [0.717, 1.165) is 24.8 Å². The van der Waals surface area contributed by atoms with Gasteiger partial charge in [0, 0.05) is 5.92 Å². The van der Waals surface area contributed by atoms with Gasteiger partial charge in [-0.25, -0.2) is 4.39 Å². The zero-order valence-corrected chi connectivity index (χ0v) is 13.0. The van der Waals surface area contributed by atoms with Crippen LogP contribution in [0.4, 0.5) is 4.39 Å². The molecular weight excluding hydrogens is 303 g/mol. The van der Waals surface area contributed by atoms with Gasteiger partial charge in [0.1, 0.15) is 11.9 Å². The Labute approximate surface area is 139 Å². The molecule has 0 saturated carbocycles. The van der Waals surface area contributed by atoms with Crippen LogP contribution < -0.4 is 5.73 Å². The minimum atomic E-state index is -1.62. The molecule has 2 atom stereocenters. The molecule has 2 aliphatic carbocycles. The number of nitrogens with two attached hydrogens (primary N) is 1. The minimum Gasteiger partial charge on any atom is -0.399 e. The van der Waals surface area contributed by atoms with Gasteiger partial charge in [-0.2, -0.15) is 15.8 Å². The van der Waals surface area contributed by atoms with Crippen LogP contribution in [-0.2, 0) is 0 Å². The van der Waals surface area contributed by atoms with E-state index in [0.29, 0.717) is 5.56 Å². The maximum atomic E-state index is 13.3. The number of nitriles is 3. The third-order valence-electron chi connectivity index (χ3n) is 5.03. The van der Waals surface area contributed by atoms with Crippen molar-refractivity contribution < 1.29 is 4.39 Å². The quantitative estimate of drug-likeness (QED) is 0.857. The second-order valence-electron chi connectivity index (χ2n) is 6.16. The van der Waals surface area contributed by atoms with E-state index in [1.54, 1.807) is 12.1 Å². The van der Waals surface area contributed by atoms with Crippen LogP contribution in [0, 0.1) is 51.1 Å². The van der Waals surface area contributed by atoms with Gasteiger partial charge in [-0.3, -0.25) is 0 Å². The van der Waals surface area contributed by atoms with Crippen LogP contribution in [0.15, 0.2) is 47.2 Å². The average Bonchev–Trinajstić information content (AvgIpc) is 2.62. The lowest BCUT2D eigenvalue weighted by molar-refractivity contribution is 0.317. The lowest BCUT2D eigenvalue weighted by Gasteiger charge is -2.43. The standard InChI is InChI=1S/C19H15FN4/c20-13-7-5-12(6-8-13)17-15-4-2-1-3-14(15)16(9-21)18(24)19(17,10-22)11-23/h3,5-8,15,17H,1-2,4,24H2. The summed E-state index contributed by atoms with van der Waals surface area (Å²) >= 11 is 0. The molecule has 0 aromatic heterocycles. The lowest BCUT2D eigenvalue weighted by atomic mass is 9.57. The fourth-order valence-electron chi connectivity index (χ4n) is 3.92. The average molecular weight is 318 g/mol. The molecule has 5 heteroatoms. The number of fused-ring (bicyclic) bond motifs is 1. The van der Waals surface area contributed by atoms with Crippen molar-refractivity contribution in [3.05, 3.63) is 58.6 Å². The number of hydrogen-bond acceptors (Lipinski definition) is 4. The molecular formula is C19H15FN4. The fraction of sp³-hybridized carbons (Fsp3) is 0.316. The molecule has 0 fully saturated rings. The predicted octanol–water partition coefficient (Wildman–Crippen LogP) is 3.42. The van der Waals surface area contributed by atoms with E-state index in [-0.39, 0.29) is 23.0 Å². The first-order chi connectivity index (χ1) is 11.6. The second kappa shape index (κ2) is 5.84. The van der Waals surface area contributed by atoms with Crippen LogP contribution in [0.3, 0.4) is 0 Å². The van der Waals surface area contributed by atoms with Crippen LogP contribution in [0.25, 0.3) is 0 Å². The van der Waals surface area contributed by atoms with Crippen molar-refractivity contribution in [2.75, 3.05) is 0 Å². The second-order valence-corrected chi connectivity index (χ2v) is 6.16. The maximum Gasteiger partial charge on any atom is 0.191 e.